The first-order valence-electron chi connectivity index (χ1n) is 6.18. The lowest BCUT2D eigenvalue weighted by Gasteiger charge is -2.09. The topological polar surface area (TPSA) is 72.0 Å². The second kappa shape index (κ2) is 6.80. The van der Waals surface area contributed by atoms with E-state index >= 15 is 0 Å². The maximum Gasteiger partial charge on any atom is 0.154 e. The monoisotopic (exact) mass is 271 g/mol. The van der Waals surface area contributed by atoms with Crippen LogP contribution >= 0.6 is 0 Å². The molecule has 0 spiro atoms. The van der Waals surface area contributed by atoms with Crippen LogP contribution in [0, 0.1) is 0 Å². The standard InChI is InChI=1S/C12H21N3O2S/c1-4-6-13-7-10-8-14-12(9-18(3,16)17)15-11(10)5-2/h8,13H,4-7,9H2,1-3H3. The summed E-state index contributed by atoms with van der Waals surface area (Å²) in [5.74, 6) is 0.288. The first-order chi connectivity index (χ1) is 8.46. The van der Waals surface area contributed by atoms with Gasteiger partial charge in [-0.25, -0.2) is 18.4 Å². The highest BCUT2D eigenvalue weighted by molar-refractivity contribution is 7.89. The van der Waals surface area contributed by atoms with Gasteiger partial charge >= 0.3 is 0 Å². The van der Waals surface area contributed by atoms with Gasteiger partial charge in [0.1, 0.15) is 11.6 Å². The highest BCUT2D eigenvalue weighted by Crippen LogP contribution is 2.08. The Kier molecular flexibility index (Phi) is 5.68. The summed E-state index contributed by atoms with van der Waals surface area (Å²) in [7, 11) is -3.08. The highest BCUT2D eigenvalue weighted by Gasteiger charge is 2.10. The van der Waals surface area contributed by atoms with Crippen molar-refractivity contribution in [2.75, 3.05) is 12.8 Å². The maximum absolute atomic E-state index is 11.2. The number of hydrogen-bond donors (Lipinski definition) is 1. The molecule has 18 heavy (non-hydrogen) atoms. The molecule has 0 saturated carbocycles. The fourth-order valence-corrected chi connectivity index (χ4v) is 2.25. The molecule has 0 amide bonds. The van der Waals surface area contributed by atoms with Crippen molar-refractivity contribution in [1.29, 1.82) is 0 Å². The van der Waals surface area contributed by atoms with Crippen molar-refractivity contribution in [3.63, 3.8) is 0 Å². The molecule has 0 bridgehead atoms. The molecule has 102 valence electrons. The number of nitrogens with zero attached hydrogens (tertiary/aromatic N) is 2. The molecular formula is C12H21N3O2S. The van der Waals surface area contributed by atoms with Gasteiger partial charge in [-0.3, -0.25) is 0 Å². The molecule has 0 radical (unpaired) electrons. The van der Waals surface area contributed by atoms with Crippen molar-refractivity contribution < 1.29 is 8.42 Å². The average molecular weight is 271 g/mol. The minimum atomic E-state index is -3.08. The van der Waals surface area contributed by atoms with Gasteiger partial charge in [0.2, 0.25) is 0 Å². The van der Waals surface area contributed by atoms with E-state index in [0.29, 0.717) is 5.82 Å². The number of sulfone groups is 1. The van der Waals surface area contributed by atoms with Gasteiger partial charge < -0.3 is 5.32 Å². The van der Waals surface area contributed by atoms with E-state index in [4.69, 9.17) is 0 Å². The van der Waals surface area contributed by atoms with E-state index in [0.717, 1.165) is 37.2 Å². The summed E-state index contributed by atoms with van der Waals surface area (Å²) < 4.78 is 22.4. The Hall–Kier alpha value is -1.01. The summed E-state index contributed by atoms with van der Waals surface area (Å²) in [6.07, 6.45) is 4.78. The van der Waals surface area contributed by atoms with Crippen LogP contribution in [0.5, 0.6) is 0 Å². The molecule has 0 aliphatic carbocycles. The molecule has 1 heterocycles. The van der Waals surface area contributed by atoms with Crippen LogP contribution in [0.15, 0.2) is 6.20 Å². The SMILES string of the molecule is CCCNCc1cnc(CS(C)(=O)=O)nc1CC. The minimum absolute atomic E-state index is 0.0946. The molecule has 0 fully saturated rings. The zero-order valence-electron chi connectivity index (χ0n) is 11.2. The van der Waals surface area contributed by atoms with Crippen LogP contribution in [-0.2, 0) is 28.6 Å². The van der Waals surface area contributed by atoms with Gasteiger partial charge in [0.15, 0.2) is 9.84 Å². The zero-order chi connectivity index (χ0) is 13.6. The number of aryl methyl sites for hydroxylation is 1. The fourth-order valence-electron chi connectivity index (χ4n) is 1.64. The van der Waals surface area contributed by atoms with Gasteiger partial charge in [0.25, 0.3) is 0 Å². The molecule has 1 N–H and O–H groups in total. The predicted molar refractivity (Wildman–Crippen MR) is 72.0 cm³/mol. The molecule has 0 aliphatic heterocycles. The number of rotatable bonds is 7. The lowest BCUT2D eigenvalue weighted by Crippen LogP contribution is -2.17. The molecule has 0 atom stereocenters. The van der Waals surface area contributed by atoms with Crippen molar-refractivity contribution in [1.82, 2.24) is 15.3 Å². The van der Waals surface area contributed by atoms with Crippen LogP contribution in [0.2, 0.25) is 0 Å². The maximum atomic E-state index is 11.2. The molecule has 1 aromatic heterocycles. The normalized spacial score (nSPS) is 11.7. The second-order valence-electron chi connectivity index (χ2n) is 4.36. The van der Waals surface area contributed by atoms with Crippen LogP contribution in [0.3, 0.4) is 0 Å². The molecule has 0 aromatic carbocycles. The van der Waals surface area contributed by atoms with Gasteiger partial charge in [-0.2, -0.15) is 0 Å². The Morgan fingerprint density at radius 1 is 1.33 bits per heavy atom. The Labute approximate surface area is 109 Å². The second-order valence-corrected chi connectivity index (χ2v) is 6.50. The van der Waals surface area contributed by atoms with E-state index in [1.165, 1.54) is 6.26 Å². The first kappa shape index (κ1) is 15.0. The molecule has 6 heteroatoms. The molecule has 0 unspecified atom stereocenters. The summed E-state index contributed by atoms with van der Waals surface area (Å²) in [6.45, 7) is 5.81. The minimum Gasteiger partial charge on any atom is -0.313 e. The van der Waals surface area contributed by atoms with Gasteiger partial charge in [0.05, 0.1) is 0 Å². The summed E-state index contributed by atoms with van der Waals surface area (Å²) in [5, 5.41) is 3.30. The van der Waals surface area contributed by atoms with Crippen molar-refractivity contribution >= 4 is 9.84 Å². The molecule has 1 aromatic rings. The van der Waals surface area contributed by atoms with Gasteiger partial charge in [-0.1, -0.05) is 13.8 Å². The van der Waals surface area contributed by atoms with Crippen molar-refractivity contribution in [2.45, 2.75) is 39.0 Å². The van der Waals surface area contributed by atoms with Crippen molar-refractivity contribution in [3.05, 3.63) is 23.3 Å². The number of nitrogens with one attached hydrogen (secondary N) is 1. The van der Waals surface area contributed by atoms with Crippen LogP contribution in [0.25, 0.3) is 0 Å². The molecule has 1 rings (SSSR count). The van der Waals surface area contributed by atoms with Crippen molar-refractivity contribution in [2.24, 2.45) is 0 Å². The van der Waals surface area contributed by atoms with E-state index in [1.807, 2.05) is 6.92 Å². The molecule has 0 saturated heterocycles. The van der Waals surface area contributed by atoms with E-state index < -0.39 is 9.84 Å². The summed E-state index contributed by atoms with van der Waals surface area (Å²) >= 11 is 0. The van der Waals surface area contributed by atoms with E-state index in [2.05, 4.69) is 22.2 Å². The van der Waals surface area contributed by atoms with Crippen LogP contribution in [0.1, 0.15) is 37.4 Å². The zero-order valence-corrected chi connectivity index (χ0v) is 12.0. The van der Waals surface area contributed by atoms with Gasteiger partial charge in [0, 0.05) is 30.3 Å². The molecule has 5 nitrogen and oxygen atoms in total. The Bertz CT molecular complexity index is 486. The van der Waals surface area contributed by atoms with Gasteiger partial charge in [-0.15, -0.1) is 0 Å². The molecule has 0 aliphatic rings. The average Bonchev–Trinajstić information content (AvgIpc) is 2.29. The lowest BCUT2D eigenvalue weighted by atomic mass is 10.2. The quantitative estimate of drug-likeness (QED) is 0.751. The third-order valence-electron chi connectivity index (χ3n) is 2.47. The number of hydrogen-bond acceptors (Lipinski definition) is 5. The third kappa shape index (κ3) is 5.10. The summed E-state index contributed by atoms with van der Waals surface area (Å²) in [5.41, 5.74) is 1.97. The predicted octanol–water partition coefficient (Wildman–Crippen LogP) is 1.08. The fraction of sp³-hybridized carbons (Fsp3) is 0.667. The Morgan fingerprint density at radius 2 is 2.06 bits per heavy atom. The Balaban J connectivity index is 2.83. The van der Waals surface area contributed by atoms with E-state index in [-0.39, 0.29) is 5.75 Å². The first-order valence-corrected chi connectivity index (χ1v) is 8.24. The third-order valence-corrected chi connectivity index (χ3v) is 3.26. The summed E-state index contributed by atoms with van der Waals surface area (Å²) in [6, 6.07) is 0. The van der Waals surface area contributed by atoms with Crippen LogP contribution in [0.4, 0.5) is 0 Å². The smallest absolute Gasteiger partial charge is 0.154 e. The van der Waals surface area contributed by atoms with E-state index in [9.17, 15) is 8.42 Å². The largest absolute Gasteiger partial charge is 0.313 e. The highest BCUT2D eigenvalue weighted by atomic mass is 32.2. The number of aromatic nitrogens is 2. The lowest BCUT2D eigenvalue weighted by molar-refractivity contribution is 0.599. The van der Waals surface area contributed by atoms with E-state index in [1.54, 1.807) is 6.20 Å². The van der Waals surface area contributed by atoms with Gasteiger partial charge in [-0.05, 0) is 19.4 Å². The van der Waals surface area contributed by atoms with Crippen molar-refractivity contribution in [3.8, 4) is 0 Å². The van der Waals surface area contributed by atoms with Crippen LogP contribution in [-0.4, -0.2) is 31.2 Å². The Morgan fingerprint density at radius 3 is 2.61 bits per heavy atom. The summed E-state index contributed by atoms with van der Waals surface area (Å²) in [4.78, 5) is 8.45. The molecular weight excluding hydrogens is 250 g/mol. The van der Waals surface area contributed by atoms with Crippen LogP contribution < -0.4 is 5.32 Å².